The number of rotatable bonds is 6. The van der Waals surface area contributed by atoms with E-state index in [1.165, 1.54) is 11.8 Å². The minimum absolute atomic E-state index is 0.380. The fourth-order valence-electron chi connectivity index (χ4n) is 1.56. The van der Waals surface area contributed by atoms with Crippen molar-refractivity contribution in [2.24, 2.45) is 18.7 Å². The van der Waals surface area contributed by atoms with Gasteiger partial charge in [-0.3, -0.25) is 0 Å². The maximum absolute atomic E-state index is 5.55. The van der Waals surface area contributed by atoms with Crippen LogP contribution in [-0.2, 0) is 25.8 Å². The van der Waals surface area contributed by atoms with E-state index in [-0.39, 0.29) is 0 Å². The summed E-state index contributed by atoms with van der Waals surface area (Å²) in [6.07, 6.45) is 0.805. The van der Waals surface area contributed by atoms with Crippen molar-refractivity contribution in [3.63, 3.8) is 0 Å². The molecule has 0 fully saturated rings. The number of nitrogens with two attached hydrogens (primary N) is 1. The zero-order valence-electron chi connectivity index (χ0n) is 11.3. The summed E-state index contributed by atoms with van der Waals surface area (Å²) in [6, 6.07) is 0. The summed E-state index contributed by atoms with van der Waals surface area (Å²) in [6.45, 7) is 4.61. The maximum Gasteiger partial charge on any atom is 0.226 e. The third kappa shape index (κ3) is 3.54. The van der Waals surface area contributed by atoms with Crippen LogP contribution in [0.2, 0.25) is 0 Å². The summed E-state index contributed by atoms with van der Waals surface area (Å²) < 4.78 is 7.06. The largest absolute Gasteiger partial charge is 0.339 e. The number of thioether (sulfide) groups is 1. The van der Waals surface area contributed by atoms with Crippen molar-refractivity contribution in [2.75, 3.05) is 0 Å². The van der Waals surface area contributed by atoms with Crippen LogP contribution < -0.4 is 5.73 Å². The first-order chi connectivity index (χ1) is 9.10. The van der Waals surface area contributed by atoms with Crippen molar-refractivity contribution < 1.29 is 4.52 Å². The highest BCUT2D eigenvalue weighted by Gasteiger charge is 2.12. The summed E-state index contributed by atoms with van der Waals surface area (Å²) in [7, 11) is 1.89. The predicted octanol–water partition coefficient (Wildman–Crippen LogP) is 1.15. The minimum Gasteiger partial charge on any atom is -0.339 e. The van der Waals surface area contributed by atoms with E-state index >= 15 is 0 Å². The van der Waals surface area contributed by atoms with Crippen molar-refractivity contribution in [3.8, 4) is 0 Å². The van der Waals surface area contributed by atoms with Crippen LogP contribution in [0.15, 0.2) is 9.68 Å². The first kappa shape index (κ1) is 14.0. The van der Waals surface area contributed by atoms with Gasteiger partial charge in [0.2, 0.25) is 5.89 Å². The molecule has 0 aliphatic carbocycles. The van der Waals surface area contributed by atoms with E-state index < -0.39 is 0 Å². The Morgan fingerprint density at radius 2 is 2.16 bits per heavy atom. The Hall–Kier alpha value is -1.41. The van der Waals surface area contributed by atoms with Crippen LogP contribution in [0.4, 0.5) is 0 Å². The van der Waals surface area contributed by atoms with Gasteiger partial charge in [0.25, 0.3) is 0 Å². The normalized spacial score (nSPS) is 11.4. The summed E-state index contributed by atoms with van der Waals surface area (Å²) in [4.78, 5) is 4.34. The van der Waals surface area contributed by atoms with E-state index in [2.05, 4.69) is 34.2 Å². The van der Waals surface area contributed by atoms with Gasteiger partial charge in [0.05, 0.1) is 12.3 Å². The third-order valence-electron chi connectivity index (χ3n) is 2.53. The summed E-state index contributed by atoms with van der Waals surface area (Å²) in [5.41, 5.74) is 5.55. The molecule has 0 aliphatic rings. The molecule has 0 saturated carbocycles. The van der Waals surface area contributed by atoms with E-state index in [1.807, 2.05) is 11.6 Å². The van der Waals surface area contributed by atoms with Crippen LogP contribution in [0.1, 0.15) is 31.4 Å². The fraction of sp³-hybridized carbons (Fsp3) is 0.636. The molecule has 0 amide bonds. The highest BCUT2D eigenvalue weighted by molar-refractivity contribution is 7.98. The van der Waals surface area contributed by atoms with Crippen molar-refractivity contribution in [2.45, 2.75) is 37.7 Å². The van der Waals surface area contributed by atoms with Gasteiger partial charge in [-0.2, -0.15) is 4.98 Å². The standard InChI is InChI=1S/C11H18N6OS/c1-7(2)4-10-13-8(16-18-10)6-19-11-15-14-9(5-12)17(11)3/h7H,4-6,12H2,1-3H3. The molecule has 2 aromatic rings. The Morgan fingerprint density at radius 1 is 1.37 bits per heavy atom. The summed E-state index contributed by atoms with van der Waals surface area (Å²) in [5.74, 6) is 3.24. The van der Waals surface area contributed by atoms with E-state index in [4.69, 9.17) is 10.3 Å². The molecule has 2 heterocycles. The minimum atomic E-state index is 0.380. The van der Waals surface area contributed by atoms with Gasteiger partial charge >= 0.3 is 0 Å². The number of aromatic nitrogens is 5. The average Bonchev–Trinajstić information content (AvgIpc) is 2.93. The van der Waals surface area contributed by atoms with Crippen LogP contribution in [0.5, 0.6) is 0 Å². The molecule has 2 rings (SSSR count). The topological polar surface area (TPSA) is 95.7 Å². The Kier molecular flexibility index (Phi) is 4.54. The monoisotopic (exact) mass is 282 g/mol. The predicted molar refractivity (Wildman–Crippen MR) is 71.3 cm³/mol. The van der Waals surface area contributed by atoms with Gasteiger partial charge in [0, 0.05) is 13.5 Å². The van der Waals surface area contributed by atoms with Gasteiger partial charge in [-0.15, -0.1) is 10.2 Å². The maximum atomic E-state index is 5.55. The molecule has 0 radical (unpaired) electrons. The molecule has 0 aromatic carbocycles. The lowest BCUT2D eigenvalue weighted by atomic mass is 10.1. The number of hydrogen-bond donors (Lipinski definition) is 1. The van der Waals surface area contributed by atoms with Gasteiger partial charge in [-0.25, -0.2) is 0 Å². The van der Waals surface area contributed by atoms with Gasteiger partial charge < -0.3 is 14.8 Å². The lowest BCUT2D eigenvalue weighted by molar-refractivity contribution is 0.360. The molecule has 0 atom stereocenters. The van der Waals surface area contributed by atoms with Crippen molar-refractivity contribution in [3.05, 3.63) is 17.5 Å². The molecule has 2 N–H and O–H groups in total. The van der Waals surface area contributed by atoms with E-state index in [0.717, 1.165) is 17.4 Å². The Bertz CT molecular complexity index is 535. The first-order valence-corrected chi connectivity index (χ1v) is 7.11. The van der Waals surface area contributed by atoms with Crippen LogP contribution in [0.25, 0.3) is 0 Å². The molecule has 8 heteroatoms. The molecule has 0 saturated heterocycles. The Labute approximate surface area is 116 Å². The van der Waals surface area contributed by atoms with Gasteiger partial charge in [-0.1, -0.05) is 30.8 Å². The molecule has 7 nitrogen and oxygen atoms in total. The smallest absolute Gasteiger partial charge is 0.226 e. The van der Waals surface area contributed by atoms with Gasteiger partial charge in [0.15, 0.2) is 11.0 Å². The average molecular weight is 282 g/mol. The molecule has 0 aliphatic heterocycles. The second-order valence-electron chi connectivity index (χ2n) is 4.65. The van der Waals surface area contributed by atoms with E-state index in [0.29, 0.717) is 29.9 Å². The van der Waals surface area contributed by atoms with Crippen LogP contribution in [0.3, 0.4) is 0 Å². The van der Waals surface area contributed by atoms with E-state index in [9.17, 15) is 0 Å². The molecular weight excluding hydrogens is 264 g/mol. The highest BCUT2D eigenvalue weighted by Crippen LogP contribution is 2.19. The van der Waals surface area contributed by atoms with Crippen LogP contribution in [-0.4, -0.2) is 24.9 Å². The number of hydrogen-bond acceptors (Lipinski definition) is 7. The molecule has 0 unspecified atom stereocenters. The van der Waals surface area contributed by atoms with Gasteiger partial charge in [-0.05, 0) is 5.92 Å². The zero-order chi connectivity index (χ0) is 13.8. The van der Waals surface area contributed by atoms with Crippen molar-refractivity contribution >= 4 is 11.8 Å². The second kappa shape index (κ2) is 6.16. The molecule has 104 valence electrons. The Morgan fingerprint density at radius 3 is 2.79 bits per heavy atom. The van der Waals surface area contributed by atoms with Crippen molar-refractivity contribution in [1.82, 2.24) is 24.9 Å². The fourth-order valence-corrected chi connectivity index (χ4v) is 2.33. The summed E-state index contributed by atoms with van der Waals surface area (Å²) in [5, 5.41) is 12.8. The summed E-state index contributed by atoms with van der Waals surface area (Å²) >= 11 is 1.52. The molecule has 0 spiro atoms. The SMILES string of the molecule is CC(C)Cc1nc(CSc2nnc(CN)n2C)no1. The number of nitrogens with zero attached hydrogens (tertiary/aromatic N) is 5. The first-order valence-electron chi connectivity index (χ1n) is 6.12. The van der Waals surface area contributed by atoms with Crippen LogP contribution >= 0.6 is 11.8 Å². The quantitative estimate of drug-likeness (QED) is 0.794. The Balaban J connectivity index is 1.94. The molecule has 2 aromatic heterocycles. The van der Waals surface area contributed by atoms with E-state index in [1.54, 1.807) is 0 Å². The van der Waals surface area contributed by atoms with Crippen LogP contribution in [0, 0.1) is 5.92 Å². The molecule has 0 bridgehead atoms. The lowest BCUT2D eigenvalue weighted by Gasteiger charge is -1.99. The lowest BCUT2D eigenvalue weighted by Crippen LogP contribution is -2.05. The highest BCUT2D eigenvalue weighted by atomic mass is 32.2. The second-order valence-corrected chi connectivity index (χ2v) is 5.60. The van der Waals surface area contributed by atoms with Gasteiger partial charge in [0.1, 0.15) is 5.82 Å². The third-order valence-corrected chi connectivity index (χ3v) is 3.55. The zero-order valence-corrected chi connectivity index (χ0v) is 12.1. The van der Waals surface area contributed by atoms with Crippen molar-refractivity contribution in [1.29, 1.82) is 0 Å². The molecular formula is C11H18N6OS. The molecule has 19 heavy (non-hydrogen) atoms.